The molecule has 0 aliphatic carbocycles. The molecule has 0 radical (unpaired) electrons. The number of nitrogens with zero attached hydrogens (tertiary/aromatic N) is 2. The zero-order chi connectivity index (χ0) is 21.7. The SMILES string of the molecule is Cn1ncc(/C=C/C(=O)Nc2ccc(COP(=O)(O)O)cc2)c1-c1ccc(F)cc1. The number of amides is 1. The van der Waals surface area contributed by atoms with Gasteiger partial charge >= 0.3 is 7.82 Å². The van der Waals surface area contributed by atoms with Gasteiger partial charge in [-0.15, -0.1) is 0 Å². The summed E-state index contributed by atoms with van der Waals surface area (Å²) in [5, 5.41) is 6.88. The minimum atomic E-state index is -4.54. The van der Waals surface area contributed by atoms with Crippen molar-refractivity contribution in [1.82, 2.24) is 9.78 Å². The van der Waals surface area contributed by atoms with Gasteiger partial charge in [-0.05, 0) is 48.0 Å². The number of rotatable bonds is 7. The number of phosphoric acid groups is 1. The topological polar surface area (TPSA) is 114 Å². The number of aromatic nitrogens is 2. The van der Waals surface area contributed by atoms with Crippen molar-refractivity contribution in [2.75, 3.05) is 5.32 Å². The van der Waals surface area contributed by atoms with Crippen LogP contribution in [0, 0.1) is 5.82 Å². The summed E-state index contributed by atoms with van der Waals surface area (Å²) in [5.74, 6) is -0.708. The van der Waals surface area contributed by atoms with Gasteiger partial charge < -0.3 is 15.1 Å². The van der Waals surface area contributed by atoms with E-state index >= 15 is 0 Å². The van der Waals surface area contributed by atoms with Gasteiger partial charge in [0.25, 0.3) is 0 Å². The molecule has 2 aromatic carbocycles. The lowest BCUT2D eigenvalue weighted by Gasteiger charge is -2.07. The van der Waals surface area contributed by atoms with Gasteiger partial charge in [-0.25, -0.2) is 8.96 Å². The third kappa shape index (κ3) is 5.95. The van der Waals surface area contributed by atoms with Gasteiger partial charge in [0.05, 0.1) is 18.5 Å². The number of carbonyl (C=O) groups is 1. The molecule has 3 aromatic rings. The standard InChI is InChI=1S/C20H19FN3O5P/c1-24-20(15-4-7-17(21)8-5-15)16(12-22-24)6-11-19(25)23-18-9-2-14(3-10-18)13-29-30(26,27)28/h2-12H,13H2,1H3,(H,23,25)(H2,26,27,28)/b11-6+. The normalized spacial score (nSPS) is 11.7. The van der Waals surface area contributed by atoms with Crippen molar-refractivity contribution >= 4 is 25.5 Å². The van der Waals surface area contributed by atoms with Crippen molar-refractivity contribution in [2.24, 2.45) is 7.05 Å². The molecule has 1 aromatic heterocycles. The number of halogens is 1. The van der Waals surface area contributed by atoms with Gasteiger partial charge in [0, 0.05) is 29.9 Å². The third-order valence-corrected chi connectivity index (χ3v) is 4.59. The van der Waals surface area contributed by atoms with E-state index in [1.165, 1.54) is 18.2 Å². The van der Waals surface area contributed by atoms with Crippen molar-refractivity contribution in [3.8, 4) is 11.3 Å². The molecule has 0 spiro atoms. The maximum atomic E-state index is 13.2. The van der Waals surface area contributed by atoms with Gasteiger partial charge in [0.15, 0.2) is 0 Å². The van der Waals surface area contributed by atoms with E-state index in [1.807, 2.05) is 0 Å². The highest BCUT2D eigenvalue weighted by molar-refractivity contribution is 7.46. The Bertz CT molecular complexity index is 1100. The molecule has 1 amide bonds. The summed E-state index contributed by atoms with van der Waals surface area (Å²) in [5.41, 5.74) is 3.27. The number of hydrogen-bond donors (Lipinski definition) is 3. The minimum absolute atomic E-state index is 0.244. The second-order valence-electron chi connectivity index (χ2n) is 6.36. The first-order valence-electron chi connectivity index (χ1n) is 8.77. The van der Waals surface area contributed by atoms with Gasteiger partial charge in [0.2, 0.25) is 5.91 Å². The molecular formula is C20H19FN3O5P. The molecule has 156 valence electrons. The van der Waals surface area contributed by atoms with Crippen LogP contribution in [-0.2, 0) is 27.5 Å². The number of benzene rings is 2. The van der Waals surface area contributed by atoms with Crippen molar-refractivity contribution in [3.05, 3.63) is 77.7 Å². The van der Waals surface area contributed by atoms with E-state index < -0.39 is 7.82 Å². The Hall–Kier alpha value is -3.10. The van der Waals surface area contributed by atoms with Crippen LogP contribution >= 0.6 is 7.82 Å². The molecule has 30 heavy (non-hydrogen) atoms. The molecule has 3 N–H and O–H groups in total. The Morgan fingerprint density at radius 3 is 2.50 bits per heavy atom. The molecule has 0 fully saturated rings. The number of nitrogens with one attached hydrogen (secondary N) is 1. The van der Waals surface area contributed by atoms with E-state index in [9.17, 15) is 13.8 Å². The van der Waals surface area contributed by atoms with Crippen LogP contribution in [0.5, 0.6) is 0 Å². The first kappa shape index (κ1) is 21.6. The fraction of sp³-hybridized carbons (Fsp3) is 0.100. The molecule has 0 aliphatic rings. The highest BCUT2D eigenvalue weighted by Crippen LogP contribution is 2.36. The van der Waals surface area contributed by atoms with E-state index in [0.29, 0.717) is 16.8 Å². The molecule has 0 atom stereocenters. The Morgan fingerprint density at radius 2 is 1.87 bits per heavy atom. The average molecular weight is 431 g/mol. The maximum Gasteiger partial charge on any atom is 0.469 e. The van der Waals surface area contributed by atoms with E-state index in [2.05, 4.69) is 14.9 Å². The van der Waals surface area contributed by atoms with Crippen molar-refractivity contribution < 1.29 is 28.1 Å². The van der Waals surface area contributed by atoms with Gasteiger partial charge in [-0.2, -0.15) is 5.10 Å². The second-order valence-corrected chi connectivity index (χ2v) is 7.60. The summed E-state index contributed by atoms with van der Waals surface area (Å²) in [6.45, 7) is -0.244. The molecule has 1 heterocycles. The molecule has 0 aliphatic heterocycles. The number of hydrogen-bond acceptors (Lipinski definition) is 4. The Labute approximate surface area is 171 Å². The van der Waals surface area contributed by atoms with E-state index in [1.54, 1.807) is 60.4 Å². The second kappa shape index (κ2) is 9.15. The first-order valence-corrected chi connectivity index (χ1v) is 10.3. The lowest BCUT2D eigenvalue weighted by Crippen LogP contribution is -2.07. The van der Waals surface area contributed by atoms with Crippen LogP contribution in [0.1, 0.15) is 11.1 Å². The van der Waals surface area contributed by atoms with Crippen LogP contribution < -0.4 is 5.32 Å². The zero-order valence-electron chi connectivity index (χ0n) is 15.9. The Balaban J connectivity index is 1.66. The molecule has 10 heteroatoms. The zero-order valence-corrected chi connectivity index (χ0v) is 16.8. The molecule has 8 nitrogen and oxygen atoms in total. The molecule has 0 bridgehead atoms. The maximum absolute atomic E-state index is 13.2. The number of aryl methyl sites for hydroxylation is 1. The summed E-state index contributed by atoms with van der Waals surface area (Å²) >= 11 is 0. The number of carbonyl (C=O) groups excluding carboxylic acids is 1. The quantitative estimate of drug-likeness (QED) is 0.390. The lowest BCUT2D eigenvalue weighted by atomic mass is 10.1. The molecule has 0 unspecified atom stereocenters. The predicted molar refractivity (Wildman–Crippen MR) is 110 cm³/mol. The monoisotopic (exact) mass is 431 g/mol. The summed E-state index contributed by atoms with van der Waals surface area (Å²) < 4.78 is 30.0. The fourth-order valence-corrected chi connectivity index (χ4v) is 3.05. The van der Waals surface area contributed by atoms with Crippen LogP contribution in [0.4, 0.5) is 10.1 Å². The largest absolute Gasteiger partial charge is 0.469 e. The van der Waals surface area contributed by atoms with E-state index in [-0.39, 0.29) is 18.3 Å². The Kier molecular flexibility index (Phi) is 6.59. The van der Waals surface area contributed by atoms with Gasteiger partial charge in [0.1, 0.15) is 5.82 Å². The van der Waals surface area contributed by atoms with Crippen LogP contribution in [-0.4, -0.2) is 25.5 Å². The minimum Gasteiger partial charge on any atom is -0.323 e. The molecule has 0 saturated carbocycles. The predicted octanol–water partition coefficient (Wildman–Crippen LogP) is 3.49. The van der Waals surface area contributed by atoms with Crippen LogP contribution in [0.15, 0.2) is 60.8 Å². The van der Waals surface area contributed by atoms with Gasteiger partial charge in [-0.1, -0.05) is 12.1 Å². The molecular weight excluding hydrogens is 412 g/mol. The van der Waals surface area contributed by atoms with E-state index in [0.717, 1.165) is 11.3 Å². The summed E-state index contributed by atoms with van der Waals surface area (Å²) in [4.78, 5) is 29.7. The van der Waals surface area contributed by atoms with E-state index in [4.69, 9.17) is 9.79 Å². The van der Waals surface area contributed by atoms with Crippen molar-refractivity contribution in [2.45, 2.75) is 6.61 Å². The first-order chi connectivity index (χ1) is 14.2. The third-order valence-electron chi connectivity index (χ3n) is 4.12. The van der Waals surface area contributed by atoms with Crippen LogP contribution in [0.3, 0.4) is 0 Å². The van der Waals surface area contributed by atoms with Crippen molar-refractivity contribution in [3.63, 3.8) is 0 Å². The molecule has 3 rings (SSSR count). The average Bonchev–Trinajstić information content (AvgIpc) is 3.06. The number of anilines is 1. The highest BCUT2D eigenvalue weighted by atomic mass is 31.2. The van der Waals surface area contributed by atoms with Crippen LogP contribution in [0.2, 0.25) is 0 Å². The van der Waals surface area contributed by atoms with Crippen LogP contribution in [0.25, 0.3) is 17.3 Å². The summed E-state index contributed by atoms with van der Waals surface area (Å²) in [7, 11) is -2.78. The smallest absolute Gasteiger partial charge is 0.323 e. The molecule has 0 saturated heterocycles. The lowest BCUT2D eigenvalue weighted by molar-refractivity contribution is -0.111. The van der Waals surface area contributed by atoms with Gasteiger partial charge in [-0.3, -0.25) is 14.0 Å². The fourth-order valence-electron chi connectivity index (χ4n) is 2.73. The summed E-state index contributed by atoms with van der Waals surface area (Å²) in [6, 6.07) is 12.4. The van der Waals surface area contributed by atoms with Crippen molar-refractivity contribution in [1.29, 1.82) is 0 Å². The highest BCUT2D eigenvalue weighted by Gasteiger charge is 2.13. The number of phosphoric ester groups is 1. The Morgan fingerprint density at radius 1 is 1.20 bits per heavy atom. The summed E-state index contributed by atoms with van der Waals surface area (Å²) in [6.07, 6.45) is 4.58.